The molecule has 4 aliphatic rings. The fraction of sp³-hybridized carbons (Fsp3) is 0.0667. The van der Waals surface area contributed by atoms with Gasteiger partial charge in [0.1, 0.15) is 35.4 Å². The lowest BCUT2D eigenvalue weighted by Gasteiger charge is -2.22. The highest BCUT2D eigenvalue weighted by Gasteiger charge is 2.46. The fourth-order valence-corrected chi connectivity index (χ4v) is 34.2. The Balaban J connectivity index is 0.000000105. The number of fused-ring (bicyclic) bond motifs is 30. The zero-order valence-corrected chi connectivity index (χ0v) is 86.6. The molecule has 3 aliphatic heterocycles. The van der Waals surface area contributed by atoms with Crippen LogP contribution in [0.5, 0.6) is 0 Å². The first kappa shape index (κ1) is 87.6. The molecule has 0 unspecified atom stereocenters. The molecule has 0 fully saturated rings. The van der Waals surface area contributed by atoms with Gasteiger partial charge in [-0.25, -0.2) is 29.9 Å². The average Bonchev–Trinajstić information content (AvgIpc) is 1.57. The van der Waals surface area contributed by atoms with Crippen LogP contribution >= 0.6 is 0 Å². The van der Waals surface area contributed by atoms with Crippen LogP contribution in [0.25, 0.3) is 244 Å². The molecule has 8 aromatic heterocycles. The normalized spacial score (nSPS) is 13.9. The van der Waals surface area contributed by atoms with Crippen molar-refractivity contribution in [3.63, 3.8) is 0 Å². The number of benzene rings is 19. The minimum atomic E-state index is -2.06. The van der Waals surface area contributed by atoms with Crippen molar-refractivity contribution >= 4 is 165 Å². The van der Waals surface area contributed by atoms with Crippen molar-refractivity contribution in [2.75, 3.05) is 0 Å². The summed E-state index contributed by atoms with van der Waals surface area (Å²) in [6.45, 7) is 19.3. The Labute approximate surface area is 864 Å². The van der Waals surface area contributed by atoms with Gasteiger partial charge in [0, 0.05) is 143 Å². The quantitative estimate of drug-likeness (QED) is 0.125. The Morgan fingerprint density at radius 3 is 1.07 bits per heavy atom. The second kappa shape index (κ2) is 33.3. The molecule has 0 N–H and O–H groups in total. The SMILES string of the molecule is CC1(C)c2ccccc2-c2ccc3c(c21)c1ccccc1n3-c1ccc(-c2nc(-c3ccccc3)c3c(n2)[Si](C)(C)c2ccccc2-3)cc1.C[Si]1(C)c2ccccc2-c2c(-c3ccccc3)nc(-c3ccc(-n4c5ccccc5c5c4ccc4c6ccccc6n(-c6ccccc6)c45)cc3)nc21.C[Si]1(C)c2ccccc2-c2c(-c3ccccc3)nc(-c3cccc(-n4c5ccccc5c5c6oc7ccccc7c6ccc54)c3)nc21. The predicted molar refractivity (Wildman–Crippen MR) is 627 cm³/mol. The lowest BCUT2D eigenvalue weighted by Crippen LogP contribution is -2.50. The molecule has 0 bridgehead atoms. The Kier molecular flexibility index (Phi) is 19.6. The van der Waals surface area contributed by atoms with Gasteiger partial charge in [0.25, 0.3) is 0 Å². The maximum atomic E-state index is 6.53. The molecule has 0 spiro atoms. The molecule has 1 aliphatic carbocycles. The molecule has 0 amide bonds. The second-order valence-corrected chi connectivity index (χ2v) is 55.0. The summed E-state index contributed by atoms with van der Waals surface area (Å²) in [6.07, 6.45) is 0. The van der Waals surface area contributed by atoms with Gasteiger partial charge in [0.05, 0.1) is 66.6 Å². The minimum absolute atomic E-state index is 0.0949. The van der Waals surface area contributed by atoms with Crippen LogP contribution in [-0.2, 0) is 5.41 Å². The summed E-state index contributed by atoms with van der Waals surface area (Å²) in [5, 5.41) is 20.2. The highest BCUT2D eigenvalue weighted by molar-refractivity contribution is 7.04. The van der Waals surface area contributed by atoms with E-state index in [-0.39, 0.29) is 5.41 Å². The van der Waals surface area contributed by atoms with Gasteiger partial charge >= 0.3 is 0 Å². The zero-order valence-electron chi connectivity index (χ0n) is 83.6. The molecule has 0 saturated heterocycles. The molecule has 0 saturated carbocycles. The van der Waals surface area contributed by atoms with Crippen LogP contribution < -0.4 is 31.5 Å². The molecule has 11 heterocycles. The molecule has 14 heteroatoms. The van der Waals surface area contributed by atoms with Crippen LogP contribution in [0.4, 0.5) is 0 Å². The van der Waals surface area contributed by atoms with Crippen molar-refractivity contribution in [1.29, 1.82) is 0 Å². The third kappa shape index (κ3) is 13.2. The third-order valence-electron chi connectivity index (χ3n) is 32.4. The van der Waals surface area contributed by atoms with Gasteiger partial charge in [0.15, 0.2) is 17.5 Å². The first-order chi connectivity index (χ1) is 73.0. The Bertz CT molecular complexity index is 10300. The van der Waals surface area contributed by atoms with Gasteiger partial charge in [-0.2, -0.15) is 0 Å². The van der Waals surface area contributed by atoms with Crippen LogP contribution in [0, 0.1) is 0 Å². The van der Waals surface area contributed by atoms with E-state index in [2.05, 4.69) is 508 Å². The standard InChI is InChI=1S/C48H34N4Si.C45H35N3Si.C42H29N3OSi/c1-53(2)42-24-14-11-21-38(42)44-45(31-15-5-3-6-16-31)49-47(50-48(44)53)32-25-27-34(28-26-32)51-40-23-13-10-20-37(40)43-41(51)30-29-36-35-19-9-12-22-39(35)52(46(36)43)33-17-7-4-8-18-33;1-45(2)35-19-11-8-16-31(35)32-26-27-37-39(41(32)45)33-17-9-12-20-36(33)48(37)30-24-22-29(23-25-30)43-46-42(28-14-6-5-7-15-28)40-34-18-10-13-21-38(34)49(3,4)44(40)47-43;1-47(2)36-22-11-8-19-32(36)38-39(26-13-4-3-5-14-26)43-41(44-42(38)47)27-15-12-16-28(25-27)45-33-20-9-6-18-31(33)37-34(45)24-23-30-29-17-7-10-21-35(29)46-40(30)37/h3-30H,1-2H3;5-27H,1-4H3;3-25H,1-2H3. The Morgan fingerprint density at radius 1 is 0.228 bits per heavy atom. The minimum Gasteiger partial charge on any atom is -0.455 e. The van der Waals surface area contributed by atoms with Crippen molar-refractivity contribution < 1.29 is 4.42 Å². The van der Waals surface area contributed by atoms with Crippen molar-refractivity contribution in [3.05, 3.63) is 460 Å². The van der Waals surface area contributed by atoms with Crippen LogP contribution in [0.15, 0.2) is 453 Å². The van der Waals surface area contributed by atoms with Gasteiger partial charge in [0.2, 0.25) is 0 Å². The van der Waals surface area contributed by atoms with E-state index in [9.17, 15) is 0 Å². The summed E-state index contributed by atoms with van der Waals surface area (Å²) in [6, 6.07) is 161. The first-order valence-electron chi connectivity index (χ1n) is 51.6. The molecule has 0 atom stereocenters. The molecular weight excluding hydrogens is 1860 g/mol. The average molecular weight is 1960 g/mol. The predicted octanol–water partition coefficient (Wildman–Crippen LogP) is 30.4. The number of rotatable bonds is 10. The van der Waals surface area contributed by atoms with Crippen molar-refractivity contribution in [3.8, 4) is 135 Å². The van der Waals surface area contributed by atoms with Gasteiger partial charge < -0.3 is 22.7 Å². The number of para-hydroxylation sites is 6. The summed E-state index contributed by atoms with van der Waals surface area (Å²) in [5.41, 5.74) is 38.1. The smallest absolute Gasteiger partial charge is 0.159 e. The monoisotopic (exact) mass is 1960 g/mol. The summed E-state index contributed by atoms with van der Waals surface area (Å²) >= 11 is 0. The lowest BCUT2D eigenvalue weighted by atomic mass is 9.80. The Morgan fingerprint density at radius 2 is 0.577 bits per heavy atom. The van der Waals surface area contributed by atoms with Gasteiger partial charge in [-0.3, -0.25) is 0 Å². The number of aromatic nitrogens is 10. The number of hydrogen-bond acceptors (Lipinski definition) is 7. The number of furan rings is 1. The third-order valence-corrected chi connectivity index (χ3v) is 42.4. The van der Waals surface area contributed by atoms with Crippen molar-refractivity contribution in [2.45, 2.75) is 58.5 Å². The highest BCUT2D eigenvalue weighted by atomic mass is 28.3. The summed E-state index contributed by atoms with van der Waals surface area (Å²) < 4.78 is 16.2. The topological polar surface area (TPSA) is 110 Å². The molecule has 27 aromatic rings. The van der Waals surface area contributed by atoms with Gasteiger partial charge in [-0.1, -0.05) is 375 Å². The van der Waals surface area contributed by atoms with Gasteiger partial charge in [-0.15, -0.1) is 0 Å². The summed E-state index contributed by atoms with van der Waals surface area (Å²) in [4.78, 5) is 32.2. The Hall–Kier alpha value is -17.9. The molecule has 19 aromatic carbocycles. The van der Waals surface area contributed by atoms with E-state index in [4.69, 9.17) is 34.3 Å². The summed E-state index contributed by atoms with van der Waals surface area (Å²) in [5.74, 6) is 2.33. The van der Waals surface area contributed by atoms with E-state index in [0.717, 1.165) is 129 Å². The van der Waals surface area contributed by atoms with E-state index < -0.39 is 24.2 Å². The van der Waals surface area contributed by atoms with Crippen LogP contribution in [0.3, 0.4) is 0 Å². The number of hydrogen-bond donors (Lipinski definition) is 0. The molecule has 0 radical (unpaired) electrons. The summed E-state index contributed by atoms with van der Waals surface area (Å²) in [7, 11) is -6.13. The maximum Gasteiger partial charge on any atom is 0.159 e. The second-order valence-electron chi connectivity index (χ2n) is 42.2. The molecule has 706 valence electrons. The largest absolute Gasteiger partial charge is 0.455 e. The van der Waals surface area contributed by atoms with E-state index in [1.807, 2.05) is 12.1 Å². The first-order valence-corrected chi connectivity index (χ1v) is 60.6. The number of nitrogens with zero attached hydrogens (tertiary/aromatic N) is 10. The van der Waals surface area contributed by atoms with E-state index in [0.29, 0.717) is 0 Å². The van der Waals surface area contributed by atoms with Gasteiger partial charge in [-0.05, 0) is 182 Å². The zero-order chi connectivity index (χ0) is 99.6. The van der Waals surface area contributed by atoms with Crippen LogP contribution in [0.2, 0.25) is 39.3 Å². The van der Waals surface area contributed by atoms with Crippen LogP contribution in [0.1, 0.15) is 25.0 Å². The van der Waals surface area contributed by atoms with Crippen LogP contribution in [-0.4, -0.2) is 72.4 Å². The van der Waals surface area contributed by atoms with E-state index >= 15 is 0 Å². The highest BCUT2D eigenvalue weighted by Crippen LogP contribution is 2.55. The van der Waals surface area contributed by atoms with Crippen molar-refractivity contribution in [1.82, 2.24) is 48.2 Å². The molecule has 11 nitrogen and oxygen atoms in total. The van der Waals surface area contributed by atoms with E-state index in [1.165, 1.54) is 158 Å². The molecule has 31 rings (SSSR count). The van der Waals surface area contributed by atoms with E-state index in [1.54, 1.807) is 0 Å². The fourth-order valence-electron chi connectivity index (χ4n) is 25.5. The van der Waals surface area contributed by atoms with Crippen molar-refractivity contribution in [2.24, 2.45) is 0 Å². The molecular formula is C135H98N10OSi3. The maximum absolute atomic E-state index is 6.53. The molecule has 149 heavy (non-hydrogen) atoms. The lowest BCUT2D eigenvalue weighted by molar-refractivity contribution is 0.666.